The van der Waals surface area contributed by atoms with Gasteiger partial charge in [0.05, 0.1) is 0 Å². The van der Waals surface area contributed by atoms with Crippen LogP contribution in [0, 0.1) is 0 Å². The first-order valence-electron chi connectivity index (χ1n) is 16.1. The van der Waals surface area contributed by atoms with E-state index in [1.807, 2.05) is 13.8 Å². The molecule has 3 fully saturated rings. The third-order valence-corrected chi connectivity index (χ3v) is 8.46. The summed E-state index contributed by atoms with van der Waals surface area (Å²) in [5.41, 5.74) is 0.590. The van der Waals surface area contributed by atoms with Gasteiger partial charge in [0.1, 0.15) is 12.7 Å². The van der Waals surface area contributed by atoms with E-state index in [0.29, 0.717) is 23.9 Å². The summed E-state index contributed by atoms with van der Waals surface area (Å²) in [6.07, 6.45) is 10.0. The quantitative estimate of drug-likeness (QED) is 0.186. The molecule has 1 amide bonds. The third-order valence-electron chi connectivity index (χ3n) is 8.21. The van der Waals surface area contributed by atoms with Gasteiger partial charge >= 0.3 is 6.09 Å². The van der Waals surface area contributed by atoms with Gasteiger partial charge in [0.2, 0.25) is 5.79 Å². The van der Waals surface area contributed by atoms with E-state index in [9.17, 15) is 4.79 Å². The van der Waals surface area contributed by atoms with Gasteiger partial charge in [-0.3, -0.25) is 5.32 Å². The lowest BCUT2D eigenvalue weighted by atomic mass is 10.1. The van der Waals surface area contributed by atoms with E-state index in [1.165, 1.54) is 51.4 Å². The van der Waals surface area contributed by atoms with Gasteiger partial charge in [-0.15, -0.1) is 0 Å². The predicted molar refractivity (Wildman–Crippen MR) is 165 cm³/mol. The number of nitrogens with one attached hydrogen (secondary N) is 2. The van der Waals surface area contributed by atoms with Crippen LogP contribution in [-0.2, 0) is 23.7 Å². The highest BCUT2D eigenvalue weighted by Gasteiger charge is 2.66. The van der Waals surface area contributed by atoms with E-state index in [-0.39, 0.29) is 6.61 Å². The topological polar surface area (TPSA) is 90.5 Å². The van der Waals surface area contributed by atoms with Crippen molar-refractivity contribution in [1.82, 2.24) is 10.2 Å². The Morgan fingerprint density at radius 1 is 1.02 bits per heavy atom. The molecule has 3 aliphatic heterocycles. The highest BCUT2D eigenvalue weighted by atomic mass is 35.5. The summed E-state index contributed by atoms with van der Waals surface area (Å²) < 4.78 is 31.4. The number of likely N-dealkylation sites (tertiary alicyclic amines) is 1. The Bertz CT molecular complexity index is 945. The summed E-state index contributed by atoms with van der Waals surface area (Å²) >= 11 is 6.00. The van der Waals surface area contributed by atoms with E-state index >= 15 is 0 Å². The molecule has 238 valence electrons. The summed E-state index contributed by atoms with van der Waals surface area (Å²) in [6, 6.07) is 6.89. The molecule has 0 aliphatic carbocycles. The SMILES string of the molecule is CCCCCCCCCCOC[C@@]12O[C@@H](CNCCN3CCCC3)[C@@H](OC(=O)Nc3ccc(Cl)cc3)[C@@H]1OC(C)(C)O2. The molecule has 0 radical (unpaired) electrons. The third kappa shape index (κ3) is 10.0. The van der Waals surface area contributed by atoms with Crippen LogP contribution >= 0.6 is 11.6 Å². The van der Waals surface area contributed by atoms with Crippen LogP contribution in [0.15, 0.2) is 24.3 Å². The van der Waals surface area contributed by atoms with Crippen molar-refractivity contribution in [3.8, 4) is 0 Å². The lowest BCUT2D eigenvalue weighted by Crippen LogP contribution is -2.46. The molecule has 2 N–H and O–H groups in total. The molecular formula is C32H52ClN3O6. The standard InChI is InChI=1S/C32H52ClN3O6/c1-4-5-6-7-8-9-10-13-22-38-24-32-29(41-31(2,3)42-32)28(39-30(37)35-26-16-14-25(33)15-17-26)27(40-32)23-34-18-21-36-19-11-12-20-36/h14-17,27-29,34H,4-13,18-24H2,1-3H3,(H,35,37)/t27-,28+,29-,32-/m0/s1. The zero-order valence-corrected chi connectivity index (χ0v) is 26.6. The summed E-state index contributed by atoms with van der Waals surface area (Å²) in [7, 11) is 0. The number of halogens is 1. The van der Waals surface area contributed by atoms with Gasteiger partial charge in [-0.1, -0.05) is 63.5 Å². The number of amides is 1. The number of carbonyl (C=O) groups is 1. The minimum Gasteiger partial charge on any atom is -0.440 e. The highest BCUT2D eigenvalue weighted by molar-refractivity contribution is 6.30. The number of carbonyl (C=O) groups excluding carboxylic acids is 1. The largest absolute Gasteiger partial charge is 0.440 e. The lowest BCUT2D eigenvalue weighted by molar-refractivity contribution is -0.277. The van der Waals surface area contributed by atoms with Crippen LogP contribution in [0.25, 0.3) is 0 Å². The molecule has 1 aromatic rings. The number of hydrogen-bond donors (Lipinski definition) is 2. The molecule has 0 aromatic heterocycles. The molecule has 0 spiro atoms. The van der Waals surface area contributed by atoms with Crippen molar-refractivity contribution >= 4 is 23.4 Å². The maximum Gasteiger partial charge on any atom is 0.412 e. The summed E-state index contributed by atoms with van der Waals surface area (Å²) in [4.78, 5) is 15.5. The van der Waals surface area contributed by atoms with Gasteiger partial charge in [-0.05, 0) is 70.5 Å². The number of nitrogens with zero attached hydrogens (tertiary/aromatic N) is 1. The Kier molecular flexibility index (Phi) is 13.2. The normalized spacial score (nSPS) is 26.9. The number of fused-ring (bicyclic) bond motifs is 1. The molecule has 3 saturated heterocycles. The van der Waals surface area contributed by atoms with Crippen LogP contribution in [0.3, 0.4) is 0 Å². The average molecular weight is 610 g/mol. The monoisotopic (exact) mass is 609 g/mol. The molecule has 9 nitrogen and oxygen atoms in total. The number of hydrogen-bond acceptors (Lipinski definition) is 8. The maximum atomic E-state index is 13.0. The minimum atomic E-state index is -1.16. The van der Waals surface area contributed by atoms with Crippen molar-refractivity contribution < 1.29 is 28.5 Å². The fourth-order valence-electron chi connectivity index (χ4n) is 6.11. The van der Waals surface area contributed by atoms with Gasteiger partial charge < -0.3 is 33.9 Å². The summed E-state index contributed by atoms with van der Waals surface area (Å²) in [5.74, 6) is -2.06. The van der Waals surface area contributed by atoms with Crippen LogP contribution in [0.4, 0.5) is 10.5 Å². The summed E-state index contributed by atoms with van der Waals surface area (Å²) in [6.45, 7) is 11.4. The van der Waals surface area contributed by atoms with E-state index in [0.717, 1.165) is 39.0 Å². The Labute approximate surface area is 257 Å². The maximum absolute atomic E-state index is 13.0. The molecular weight excluding hydrogens is 558 g/mol. The van der Waals surface area contributed by atoms with Crippen molar-refractivity contribution in [2.75, 3.05) is 51.3 Å². The Morgan fingerprint density at radius 3 is 2.43 bits per heavy atom. The minimum absolute atomic E-state index is 0.209. The Balaban J connectivity index is 1.34. The van der Waals surface area contributed by atoms with Crippen molar-refractivity contribution in [2.24, 2.45) is 0 Å². The zero-order chi connectivity index (χ0) is 29.8. The van der Waals surface area contributed by atoms with E-state index in [2.05, 4.69) is 22.5 Å². The van der Waals surface area contributed by atoms with Gasteiger partial charge in [-0.25, -0.2) is 4.79 Å². The van der Waals surface area contributed by atoms with E-state index < -0.39 is 36.0 Å². The van der Waals surface area contributed by atoms with Crippen molar-refractivity contribution in [3.63, 3.8) is 0 Å². The van der Waals surface area contributed by atoms with Gasteiger partial charge in [0, 0.05) is 37.0 Å². The molecule has 3 heterocycles. The summed E-state index contributed by atoms with van der Waals surface area (Å²) in [5, 5.41) is 6.89. The number of unbranched alkanes of at least 4 members (excludes halogenated alkanes) is 7. The van der Waals surface area contributed by atoms with Gasteiger partial charge in [-0.2, -0.15) is 0 Å². The van der Waals surface area contributed by atoms with Crippen molar-refractivity contribution in [3.05, 3.63) is 29.3 Å². The molecule has 10 heteroatoms. The smallest absolute Gasteiger partial charge is 0.412 e. The predicted octanol–water partition coefficient (Wildman–Crippen LogP) is 6.35. The van der Waals surface area contributed by atoms with Gasteiger partial charge in [0.25, 0.3) is 0 Å². The highest BCUT2D eigenvalue weighted by Crippen LogP contribution is 2.46. The molecule has 42 heavy (non-hydrogen) atoms. The Hall–Kier alpha value is -1.46. The second-order valence-corrected chi connectivity index (χ2v) is 12.7. The number of ether oxygens (including phenoxy) is 5. The number of benzene rings is 1. The Morgan fingerprint density at radius 2 is 1.71 bits per heavy atom. The molecule has 0 unspecified atom stereocenters. The van der Waals surface area contributed by atoms with Crippen LogP contribution in [0.1, 0.15) is 85.0 Å². The first-order chi connectivity index (χ1) is 20.3. The fraction of sp³-hybridized carbons (Fsp3) is 0.781. The second kappa shape index (κ2) is 16.6. The molecule has 1 aromatic carbocycles. The van der Waals surface area contributed by atoms with Crippen LogP contribution < -0.4 is 10.6 Å². The molecule has 4 rings (SSSR count). The fourth-order valence-corrected chi connectivity index (χ4v) is 6.23. The zero-order valence-electron chi connectivity index (χ0n) is 25.8. The van der Waals surface area contributed by atoms with Crippen LogP contribution in [-0.4, -0.2) is 86.8 Å². The first kappa shape index (κ1) is 33.4. The van der Waals surface area contributed by atoms with E-state index in [4.69, 9.17) is 35.3 Å². The van der Waals surface area contributed by atoms with Crippen LogP contribution in [0.2, 0.25) is 5.02 Å². The molecule has 0 saturated carbocycles. The molecule has 0 bridgehead atoms. The number of rotatable bonds is 18. The lowest BCUT2D eigenvalue weighted by Gasteiger charge is -2.29. The number of anilines is 1. The van der Waals surface area contributed by atoms with Gasteiger partial charge in [0.15, 0.2) is 18.0 Å². The molecule has 4 atom stereocenters. The molecule has 3 aliphatic rings. The van der Waals surface area contributed by atoms with Crippen LogP contribution in [0.5, 0.6) is 0 Å². The second-order valence-electron chi connectivity index (χ2n) is 12.3. The van der Waals surface area contributed by atoms with Crippen molar-refractivity contribution in [2.45, 2.75) is 115 Å². The van der Waals surface area contributed by atoms with E-state index in [1.54, 1.807) is 24.3 Å². The first-order valence-corrected chi connectivity index (χ1v) is 16.5. The average Bonchev–Trinajstić information content (AvgIpc) is 3.63. The van der Waals surface area contributed by atoms with Crippen molar-refractivity contribution in [1.29, 1.82) is 0 Å².